The third-order valence-electron chi connectivity index (χ3n) is 4.91. The molecule has 1 heterocycles. The minimum atomic E-state index is -0.421. The first-order chi connectivity index (χ1) is 14.0. The molecule has 1 atom stereocenters. The van der Waals surface area contributed by atoms with E-state index in [1.807, 2.05) is 48.5 Å². The summed E-state index contributed by atoms with van der Waals surface area (Å²) in [6, 6.07) is 20.7. The summed E-state index contributed by atoms with van der Waals surface area (Å²) in [5.41, 5.74) is 3.13. The minimum absolute atomic E-state index is 0.0636. The summed E-state index contributed by atoms with van der Waals surface area (Å²) in [6.45, 7) is -0.0636. The Kier molecular flexibility index (Phi) is 5.45. The molecule has 4 nitrogen and oxygen atoms in total. The van der Waals surface area contributed by atoms with Gasteiger partial charge in [0.15, 0.2) is 0 Å². The molecule has 0 fully saturated rings. The molecule has 3 aromatic carbocycles. The van der Waals surface area contributed by atoms with E-state index < -0.39 is 6.04 Å². The van der Waals surface area contributed by atoms with Crippen molar-refractivity contribution in [3.8, 4) is 0 Å². The molecule has 1 aliphatic rings. The molecule has 0 unspecified atom stereocenters. The van der Waals surface area contributed by atoms with Crippen LogP contribution in [0.5, 0.6) is 0 Å². The molecule has 0 saturated heterocycles. The van der Waals surface area contributed by atoms with Gasteiger partial charge < -0.3 is 10.2 Å². The number of hydrogen-bond donors (Lipinski definition) is 1. The second kappa shape index (κ2) is 8.17. The number of anilines is 1. The van der Waals surface area contributed by atoms with Crippen molar-refractivity contribution < 1.29 is 14.0 Å². The summed E-state index contributed by atoms with van der Waals surface area (Å²) < 4.78 is 14.1. The maximum atomic E-state index is 13.3. The monoisotopic (exact) mass is 452 g/mol. The lowest BCUT2D eigenvalue weighted by atomic mass is 9.95. The smallest absolute Gasteiger partial charge is 0.244 e. The lowest BCUT2D eigenvalue weighted by Gasteiger charge is -2.31. The molecule has 6 heteroatoms. The summed E-state index contributed by atoms with van der Waals surface area (Å²) in [5, 5.41) is 2.90. The van der Waals surface area contributed by atoms with Crippen LogP contribution in [-0.4, -0.2) is 23.3 Å². The second-order valence-corrected chi connectivity index (χ2v) is 7.83. The van der Waals surface area contributed by atoms with Crippen LogP contribution in [0.4, 0.5) is 10.1 Å². The molecule has 0 bridgehead atoms. The molecule has 2 amide bonds. The molecule has 1 N–H and O–H groups in total. The average Bonchev–Trinajstić information content (AvgIpc) is 2.86. The van der Waals surface area contributed by atoms with E-state index >= 15 is 0 Å². The van der Waals surface area contributed by atoms with Crippen LogP contribution >= 0.6 is 15.9 Å². The normalized spacial score (nSPS) is 16.0. The molecule has 1 aliphatic heterocycles. The van der Waals surface area contributed by atoms with Crippen LogP contribution in [0.3, 0.4) is 0 Å². The highest BCUT2D eigenvalue weighted by atomic mass is 79.9. The standard InChI is InChI=1S/C23H18BrFN2O2/c24-17-8-11-20-19(13-17)23(16-4-2-1-3-5-16)27(14-21(28)26-20)22(29)12-15-6-9-18(25)10-7-15/h1-11,13,23H,12,14H2,(H,26,28)/t23-/m1/s1. The van der Waals surface area contributed by atoms with E-state index in [2.05, 4.69) is 21.2 Å². The van der Waals surface area contributed by atoms with E-state index in [4.69, 9.17) is 0 Å². The fourth-order valence-corrected chi connectivity index (χ4v) is 3.96. The van der Waals surface area contributed by atoms with E-state index in [-0.39, 0.29) is 30.6 Å². The van der Waals surface area contributed by atoms with Gasteiger partial charge in [-0.3, -0.25) is 9.59 Å². The number of rotatable bonds is 3. The third-order valence-corrected chi connectivity index (χ3v) is 5.41. The van der Waals surface area contributed by atoms with E-state index in [1.54, 1.807) is 17.0 Å². The molecule has 0 spiro atoms. The fourth-order valence-electron chi connectivity index (χ4n) is 3.58. The number of hydrogen-bond acceptors (Lipinski definition) is 2. The minimum Gasteiger partial charge on any atom is -0.324 e. The molecule has 29 heavy (non-hydrogen) atoms. The molecule has 0 aliphatic carbocycles. The van der Waals surface area contributed by atoms with Crippen LogP contribution in [0.25, 0.3) is 0 Å². The van der Waals surface area contributed by atoms with Gasteiger partial charge in [0.2, 0.25) is 11.8 Å². The Hall–Kier alpha value is -2.99. The summed E-state index contributed by atoms with van der Waals surface area (Å²) >= 11 is 3.50. The van der Waals surface area contributed by atoms with Gasteiger partial charge in [-0.05, 0) is 41.5 Å². The summed E-state index contributed by atoms with van der Waals surface area (Å²) in [5.74, 6) is -0.802. The highest BCUT2D eigenvalue weighted by molar-refractivity contribution is 9.10. The van der Waals surface area contributed by atoms with Crippen LogP contribution in [0.1, 0.15) is 22.7 Å². The highest BCUT2D eigenvalue weighted by Gasteiger charge is 2.33. The van der Waals surface area contributed by atoms with Crippen molar-refractivity contribution in [2.24, 2.45) is 0 Å². The Labute approximate surface area is 176 Å². The molecular formula is C23H18BrFN2O2. The number of amides is 2. The first kappa shape index (κ1) is 19.3. The van der Waals surface area contributed by atoms with Crippen molar-refractivity contribution in [2.45, 2.75) is 12.5 Å². The Morgan fingerprint density at radius 3 is 2.52 bits per heavy atom. The van der Waals surface area contributed by atoms with Crippen molar-refractivity contribution in [3.63, 3.8) is 0 Å². The van der Waals surface area contributed by atoms with E-state index in [0.29, 0.717) is 11.3 Å². The van der Waals surface area contributed by atoms with Gasteiger partial charge in [-0.2, -0.15) is 0 Å². The Bertz CT molecular complexity index is 1050. The Morgan fingerprint density at radius 2 is 1.79 bits per heavy atom. The largest absolute Gasteiger partial charge is 0.324 e. The van der Waals surface area contributed by atoms with Crippen LogP contribution in [-0.2, 0) is 16.0 Å². The summed E-state index contributed by atoms with van der Waals surface area (Å²) in [7, 11) is 0. The SMILES string of the molecule is O=C1CN(C(=O)Cc2ccc(F)cc2)[C@H](c2ccccc2)c2cc(Br)ccc2N1. The van der Waals surface area contributed by atoms with Gasteiger partial charge >= 0.3 is 0 Å². The highest BCUT2D eigenvalue weighted by Crippen LogP contribution is 2.37. The molecule has 146 valence electrons. The molecular weight excluding hydrogens is 435 g/mol. The van der Waals surface area contributed by atoms with Crippen molar-refractivity contribution in [2.75, 3.05) is 11.9 Å². The topological polar surface area (TPSA) is 49.4 Å². The van der Waals surface area contributed by atoms with E-state index in [9.17, 15) is 14.0 Å². The van der Waals surface area contributed by atoms with Crippen LogP contribution < -0.4 is 5.32 Å². The molecule has 0 saturated carbocycles. The molecule has 3 aromatic rings. The summed E-state index contributed by atoms with van der Waals surface area (Å²) in [6.07, 6.45) is 0.0836. The lowest BCUT2D eigenvalue weighted by Crippen LogP contribution is -2.39. The molecule has 4 rings (SSSR count). The first-order valence-corrected chi connectivity index (χ1v) is 9.99. The van der Waals surface area contributed by atoms with Crippen molar-refractivity contribution in [3.05, 3.63) is 99.8 Å². The third kappa shape index (κ3) is 4.22. The average molecular weight is 453 g/mol. The quantitative estimate of drug-likeness (QED) is 0.625. The maximum absolute atomic E-state index is 13.3. The number of halogens is 2. The van der Waals surface area contributed by atoms with Gasteiger partial charge in [0.05, 0.1) is 12.5 Å². The number of nitrogens with one attached hydrogen (secondary N) is 1. The predicted octanol–water partition coefficient (Wildman–Crippen LogP) is 4.70. The first-order valence-electron chi connectivity index (χ1n) is 9.19. The zero-order chi connectivity index (χ0) is 20.4. The summed E-state index contributed by atoms with van der Waals surface area (Å²) in [4.78, 5) is 27.4. The van der Waals surface area contributed by atoms with Crippen molar-refractivity contribution in [1.29, 1.82) is 0 Å². The van der Waals surface area contributed by atoms with E-state index in [1.165, 1.54) is 12.1 Å². The Morgan fingerprint density at radius 1 is 1.07 bits per heavy atom. The van der Waals surface area contributed by atoms with Gasteiger partial charge in [0.25, 0.3) is 0 Å². The predicted molar refractivity (Wildman–Crippen MR) is 113 cm³/mol. The maximum Gasteiger partial charge on any atom is 0.244 e. The zero-order valence-corrected chi connectivity index (χ0v) is 17.0. The van der Waals surface area contributed by atoms with Gasteiger partial charge in [0, 0.05) is 15.7 Å². The van der Waals surface area contributed by atoms with Crippen molar-refractivity contribution in [1.82, 2.24) is 4.90 Å². The fraction of sp³-hybridized carbons (Fsp3) is 0.130. The van der Waals surface area contributed by atoms with Gasteiger partial charge in [0.1, 0.15) is 12.4 Å². The van der Waals surface area contributed by atoms with E-state index in [0.717, 1.165) is 15.6 Å². The van der Waals surface area contributed by atoms with Gasteiger partial charge in [-0.1, -0.05) is 58.4 Å². The second-order valence-electron chi connectivity index (χ2n) is 6.92. The molecule has 0 radical (unpaired) electrons. The zero-order valence-electron chi connectivity index (χ0n) is 15.4. The number of carbonyl (C=O) groups excluding carboxylic acids is 2. The van der Waals surface area contributed by atoms with Gasteiger partial charge in [-0.25, -0.2) is 4.39 Å². The van der Waals surface area contributed by atoms with Crippen LogP contribution in [0, 0.1) is 5.82 Å². The van der Waals surface area contributed by atoms with Crippen molar-refractivity contribution >= 4 is 33.4 Å². The Balaban J connectivity index is 1.78. The lowest BCUT2D eigenvalue weighted by molar-refractivity contribution is -0.135. The van der Waals surface area contributed by atoms with Crippen LogP contribution in [0.15, 0.2) is 77.3 Å². The van der Waals surface area contributed by atoms with Crippen LogP contribution in [0.2, 0.25) is 0 Å². The number of carbonyl (C=O) groups is 2. The van der Waals surface area contributed by atoms with Gasteiger partial charge in [-0.15, -0.1) is 0 Å². The number of benzene rings is 3. The number of nitrogens with zero attached hydrogens (tertiary/aromatic N) is 1. The number of fused-ring (bicyclic) bond motifs is 1. The molecule has 0 aromatic heterocycles.